The van der Waals surface area contributed by atoms with Crippen LogP contribution in [0.5, 0.6) is 5.75 Å². The molecule has 1 aliphatic rings. The summed E-state index contributed by atoms with van der Waals surface area (Å²) in [7, 11) is 0. The van der Waals surface area contributed by atoms with Crippen molar-refractivity contribution < 1.29 is 9.13 Å². The van der Waals surface area contributed by atoms with Crippen LogP contribution in [-0.2, 0) is 0 Å². The lowest BCUT2D eigenvalue weighted by Gasteiger charge is -2.30. The van der Waals surface area contributed by atoms with Crippen molar-refractivity contribution in [2.75, 3.05) is 6.54 Å². The topological polar surface area (TPSA) is 21.3 Å². The van der Waals surface area contributed by atoms with Gasteiger partial charge in [0.25, 0.3) is 0 Å². The minimum absolute atomic E-state index is 0.106. The summed E-state index contributed by atoms with van der Waals surface area (Å²) in [5, 5.41) is 3.42. The molecule has 3 heteroatoms. The third kappa shape index (κ3) is 4.44. The molecule has 0 spiro atoms. The van der Waals surface area contributed by atoms with E-state index in [9.17, 15) is 4.39 Å². The SMILES string of the molecule is CCCNC(C)c1cc(F)ccc1OC1CCCCC1C. The Morgan fingerprint density at radius 3 is 2.81 bits per heavy atom. The molecule has 1 saturated carbocycles. The van der Waals surface area contributed by atoms with Crippen LogP contribution in [-0.4, -0.2) is 12.6 Å². The van der Waals surface area contributed by atoms with Crippen LogP contribution in [0, 0.1) is 11.7 Å². The van der Waals surface area contributed by atoms with Gasteiger partial charge in [-0.2, -0.15) is 0 Å². The first kappa shape index (κ1) is 16.3. The lowest BCUT2D eigenvalue weighted by atomic mass is 9.88. The second-order valence-electron chi connectivity index (χ2n) is 6.28. The van der Waals surface area contributed by atoms with E-state index in [-0.39, 0.29) is 18.0 Å². The highest BCUT2D eigenvalue weighted by Crippen LogP contribution is 2.32. The number of benzene rings is 1. The molecule has 0 bridgehead atoms. The molecule has 1 N–H and O–H groups in total. The molecule has 1 aliphatic carbocycles. The number of hydrogen-bond acceptors (Lipinski definition) is 2. The average Bonchev–Trinajstić information content (AvgIpc) is 2.48. The van der Waals surface area contributed by atoms with E-state index in [1.807, 2.05) is 0 Å². The molecule has 0 heterocycles. The van der Waals surface area contributed by atoms with Crippen LogP contribution in [0.1, 0.15) is 64.5 Å². The Morgan fingerprint density at radius 2 is 2.10 bits per heavy atom. The van der Waals surface area contributed by atoms with Crippen LogP contribution in [0.15, 0.2) is 18.2 Å². The maximum Gasteiger partial charge on any atom is 0.124 e. The largest absolute Gasteiger partial charge is 0.490 e. The fraction of sp³-hybridized carbons (Fsp3) is 0.667. The van der Waals surface area contributed by atoms with E-state index in [1.54, 1.807) is 12.1 Å². The second-order valence-corrected chi connectivity index (χ2v) is 6.28. The van der Waals surface area contributed by atoms with Crippen LogP contribution in [0.25, 0.3) is 0 Å². The molecule has 0 aromatic heterocycles. The van der Waals surface area contributed by atoms with E-state index in [0.717, 1.165) is 30.7 Å². The van der Waals surface area contributed by atoms with E-state index in [0.29, 0.717) is 5.92 Å². The first-order chi connectivity index (χ1) is 10.1. The molecule has 1 aromatic rings. The van der Waals surface area contributed by atoms with Crippen LogP contribution >= 0.6 is 0 Å². The van der Waals surface area contributed by atoms with Crippen molar-refractivity contribution in [3.63, 3.8) is 0 Å². The Hall–Kier alpha value is -1.09. The molecule has 0 radical (unpaired) electrons. The first-order valence-corrected chi connectivity index (χ1v) is 8.31. The van der Waals surface area contributed by atoms with Crippen molar-refractivity contribution in [1.82, 2.24) is 5.32 Å². The zero-order valence-electron chi connectivity index (χ0n) is 13.5. The van der Waals surface area contributed by atoms with Crippen LogP contribution in [0.2, 0.25) is 0 Å². The third-order valence-electron chi connectivity index (χ3n) is 4.45. The summed E-state index contributed by atoms with van der Waals surface area (Å²) in [6.45, 7) is 7.39. The Kier molecular flexibility index (Phi) is 6.04. The number of nitrogens with one attached hydrogen (secondary N) is 1. The minimum atomic E-state index is -0.195. The first-order valence-electron chi connectivity index (χ1n) is 8.31. The van der Waals surface area contributed by atoms with Crippen LogP contribution in [0.3, 0.4) is 0 Å². The minimum Gasteiger partial charge on any atom is -0.490 e. The van der Waals surface area contributed by atoms with Gasteiger partial charge in [-0.05, 0) is 63.3 Å². The highest BCUT2D eigenvalue weighted by molar-refractivity contribution is 5.36. The maximum absolute atomic E-state index is 13.6. The molecule has 2 rings (SSSR count). The van der Waals surface area contributed by atoms with Gasteiger partial charge in [-0.1, -0.05) is 20.3 Å². The summed E-state index contributed by atoms with van der Waals surface area (Å²) >= 11 is 0. The van der Waals surface area contributed by atoms with Gasteiger partial charge in [-0.3, -0.25) is 0 Å². The Bertz CT molecular complexity index is 449. The normalized spacial score (nSPS) is 23.8. The number of hydrogen-bond donors (Lipinski definition) is 1. The molecule has 0 saturated heterocycles. The molecule has 3 atom stereocenters. The van der Waals surface area contributed by atoms with E-state index in [4.69, 9.17) is 4.74 Å². The quantitative estimate of drug-likeness (QED) is 0.810. The monoisotopic (exact) mass is 293 g/mol. The molecule has 1 fully saturated rings. The lowest BCUT2D eigenvalue weighted by molar-refractivity contribution is 0.101. The number of halogens is 1. The maximum atomic E-state index is 13.6. The molecule has 3 unspecified atom stereocenters. The summed E-state index contributed by atoms with van der Waals surface area (Å²) in [6, 6.07) is 5.00. The molecular formula is C18H28FNO. The molecule has 0 aliphatic heterocycles. The summed E-state index contributed by atoms with van der Waals surface area (Å²) < 4.78 is 19.8. The van der Waals surface area contributed by atoms with Crippen molar-refractivity contribution in [2.24, 2.45) is 5.92 Å². The molecule has 2 nitrogen and oxygen atoms in total. The van der Waals surface area contributed by atoms with Gasteiger partial charge in [0.2, 0.25) is 0 Å². The van der Waals surface area contributed by atoms with Crippen molar-refractivity contribution in [3.8, 4) is 5.75 Å². The van der Waals surface area contributed by atoms with E-state index >= 15 is 0 Å². The van der Waals surface area contributed by atoms with Crippen molar-refractivity contribution in [1.29, 1.82) is 0 Å². The van der Waals surface area contributed by atoms with Gasteiger partial charge >= 0.3 is 0 Å². The predicted octanol–water partition coefficient (Wildman–Crippen LogP) is 4.84. The zero-order valence-corrected chi connectivity index (χ0v) is 13.5. The van der Waals surface area contributed by atoms with Crippen molar-refractivity contribution in [3.05, 3.63) is 29.6 Å². The van der Waals surface area contributed by atoms with E-state index in [1.165, 1.54) is 25.3 Å². The Balaban J connectivity index is 2.13. The van der Waals surface area contributed by atoms with E-state index < -0.39 is 0 Å². The molecular weight excluding hydrogens is 265 g/mol. The Labute approximate surface area is 128 Å². The van der Waals surface area contributed by atoms with Gasteiger partial charge in [0.15, 0.2) is 0 Å². The smallest absolute Gasteiger partial charge is 0.124 e. The number of ether oxygens (including phenoxy) is 1. The van der Waals surface area contributed by atoms with Gasteiger partial charge < -0.3 is 10.1 Å². The van der Waals surface area contributed by atoms with Crippen molar-refractivity contribution in [2.45, 2.75) is 65.0 Å². The summed E-state index contributed by atoms with van der Waals surface area (Å²) in [5.74, 6) is 1.22. The van der Waals surface area contributed by atoms with Crippen LogP contribution < -0.4 is 10.1 Å². The molecule has 21 heavy (non-hydrogen) atoms. The highest BCUT2D eigenvalue weighted by Gasteiger charge is 2.24. The summed E-state index contributed by atoms with van der Waals surface area (Å²) in [5.41, 5.74) is 0.932. The third-order valence-corrected chi connectivity index (χ3v) is 4.45. The van der Waals surface area contributed by atoms with Gasteiger partial charge in [0.05, 0.1) is 0 Å². The van der Waals surface area contributed by atoms with E-state index in [2.05, 4.69) is 26.1 Å². The van der Waals surface area contributed by atoms with Gasteiger partial charge in [-0.15, -0.1) is 0 Å². The number of rotatable bonds is 6. The Morgan fingerprint density at radius 1 is 1.33 bits per heavy atom. The standard InChI is InChI=1S/C18H28FNO/c1-4-11-20-14(3)16-12-15(19)9-10-18(16)21-17-8-6-5-7-13(17)2/h9-10,12-14,17,20H,4-8,11H2,1-3H3. The predicted molar refractivity (Wildman–Crippen MR) is 85.2 cm³/mol. The fourth-order valence-electron chi connectivity index (χ4n) is 3.06. The van der Waals surface area contributed by atoms with Gasteiger partial charge in [0.1, 0.15) is 17.7 Å². The van der Waals surface area contributed by atoms with Crippen molar-refractivity contribution >= 4 is 0 Å². The fourth-order valence-corrected chi connectivity index (χ4v) is 3.06. The molecule has 1 aromatic carbocycles. The van der Waals surface area contributed by atoms with Gasteiger partial charge in [-0.25, -0.2) is 4.39 Å². The summed E-state index contributed by atoms with van der Waals surface area (Å²) in [4.78, 5) is 0. The second kappa shape index (κ2) is 7.79. The average molecular weight is 293 g/mol. The molecule has 118 valence electrons. The molecule has 0 amide bonds. The van der Waals surface area contributed by atoms with Gasteiger partial charge in [0, 0.05) is 11.6 Å². The summed E-state index contributed by atoms with van der Waals surface area (Å²) in [6.07, 6.45) is 6.19. The highest BCUT2D eigenvalue weighted by atomic mass is 19.1. The zero-order chi connectivity index (χ0) is 15.2. The van der Waals surface area contributed by atoms with Crippen LogP contribution in [0.4, 0.5) is 4.39 Å². The lowest BCUT2D eigenvalue weighted by Crippen LogP contribution is -2.29.